The normalized spacial score (nSPS) is 10.7. The van der Waals surface area contributed by atoms with Gasteiger partial charge in [0.1, 0.15) is 17.3 Å². The quantitative estimate of drug-likeness (QED) is 0.815. The molecule has 1 aromatic carbocycles. The van der Waals surface area contributed by atoms with Gasteiger partial charge in [-0.05, 0) is 12.1 Å². The van der Waals surface area contributed by atoms with Crippen molar-refractivity contribution in [2.45, 2.75) is 32.7 Å². The van der Waals surface area contributed by atoms with E-state index in [0.717, 1.165) is 5.76 Å². The highest BCUT2D eigenvalue weighted by Crippen LogP contribution is 2.14. The molecule has 0 atom stereocenters. The van der Waals surface area contributed by atoms with E-state index in [-0.39, 0.29) is 36.9 Å². The van der Waals surface area contributed by atoms with Crippen molar-refractivity contribution in [3.05, 3.63) is 53.2 Å². The van der Waals surface area contributed by atoms with Crippen LogP contribution in [-0.2, 0) is 11.3 Å². The summed E-state index contributed by atoms with van der Waals surface area (Å²) in [5.74, 6) is -0.379. The van der Waals surface area contributed by atoms with Crippen molar-refractivity contribution in [2.75, 3.05) is 6.54 Å². The largest absolute Gasteiger partial charge is 0.361 e. The standard InChI is InChI=1S/C17H20FN3O3/c1-11(2)15-9-12(21-24-15)10-20-16(22)7-8-19-17(23)13-5-3-4-6-14(13)18/h3-6,9,11H,7-8,10H2,1-2H3,(H,19,23)(H,20,22). The molecule has 24 heavy (non-hydrogen) atoms. The summed E-state index contributed by atoms with van der Waals surface area (Å²) in [5, 5.41) is 9.07. The number of hydrogen-bond acceptors (Lipinski definition) is 4. The number of carbonyl (C=O) groups excluding carboxylic acids is 2. The van der Waals surface area contributed by atoms with E-state index in [4.69, 9.17) is 4.52 Å². The monoisotopic (exact) mass is 333 g/mol. The van der Waals surface area contributed by atoms with Crippen LogP contribution in [-0.4, -0.2) is 23.5 Å². The Kier molecular flexibility index (Phi) is 6.06. The molecule has 2 rings (SSSR count). The number of aromatic nitrogens is 1. The molecule has 0 aliphatic rings. The number of benzene rings is 1. The predicted molar refractivity (Wildman–Crippen MR) is 85.8 cm³/mol. The van der Waals surface area contributed by atoms with Crippen LogP contribution >= 0.6 is 0 Å². The second-order valence-corrected chi connectivity index (χ2v) is 5.64. The van der Waals surface area contributed by atoms with Gasteiger partial charge in [-0.1, -0.05) is 31.1 Å². The van der Waals surface area contributed by atoms with Crippen molar-refractivity contribution in [2.24, 2.45) is 0 Å². The van der Waals surface area contributed by atoms with E-state index in [9.17, 15) is 14.0 Å². The fourth-order valence-electron chi connectivity index (χ4n) is 1.99. The lowest BCUT2D eigenvalue weighted by molar-refractivity contribution is -0.121. The minimum atomic E-state index is -0.591. The zero-order valence-electron chi connectivity index (χ0n) is 13.6. The highest BCUT2D eigenvalue weighted by Gasteiger charge is 2.12. The summed E-state index contributed by atoms with van der Waals surface area (Å²) < 4.78 is 18.6. The van der Waals surface area contributed by atoms with Crippen LogP contribution in [0.1, 0.15) is 48.0 Å². The van der Waals surface area contributed by atoms with E-state index < -0.39 is 11.7 Å². The van der Waals surface area contributed by atoms with Gasteiger partial charge in [-0.2, -0.15) is 0 Å². The molecule has 1 aromatic heterocycles. The Balaban J connectivity index is 1.71. The highest BCUT2D eigenvalue weighted by molar-refractivity contribution is 5.94. The first-order chi connectivity index (χ1) is 11.5. The summed E-state index contributed by atoms with van der Waals surface area (Å²) in [6.45, 7) is 4.35. The van der Waals surface area contributed by atoms with Crippen LogP contribution < -0.4 is 10.6 Å². The molecular weight excluding hydrogens is 313 g/mol. The molecule has 2 aromatic rings. The number of nitrogens with one attached hydrogen (secondary N) is 2. The van der Waals surface area contributed by atoms with Gasteiger partial charge in [0.15, 0.2) is 0 Å². The van der Waals surface area contributed by atoms with E-state index in [1.165, 1.54) is 18.2 Å². The maximum absolute atomic E-state index is 13.4. The van der Waals surface area contributed by atoms with Crippen molar-refractivity contribution < 1.29 is 18.5 Å². The molecule has 7 heteroatoms. The molecule has 2 N–H and O–H groups in total. The molecule has 1 heterocycles. The number of rotatable bonds is 7. The van der Waals surface area contributed by atoms with E-state index in [0.29, 0.717) is 5.69 Å². The first-order valence-electron chi connectivity index (χ1n) is 7.72. The van der Waals surface area contributed by atoms with Gasteiger partial charge in [-0.3, -0.25) is 9.59 Å². The van der Waals surface area contributed by atoms with Crippen LogP contribution in [0.15, 0.2) is 34.9 Å². The molecule has 0 spiro atoms. The van der Waals surface area contributed by atoms with Gasteiger partial charge < -0.3 is 15.2 Å². The van der Waals surface area contributed by atoms with Gasteiger partial charge in [0, 0.05) is 24.9 Å². The summed E-state index contributed by atoms with van der Waals surface area (Å²) in [5.41, 5.74) is 0.601. The number of halogens is 1. The lowest BCUT2D eigenvalue weighted by atomic mass is 10.1. The van der Waals surface area contributed by atoms with Gasteiger partial charge in [0.05, 0.1) is 12.1 Å². The fraction of sp³-hybridized carbons (Fsp3) is 0.353. The summed E-state index contributed by atoms with van der Waals surface area (Å²) in [6.07, 6.45) is 0.0923. The summed E-state index contributed by atoms with van der Waals surface area (Å²) in [6, 6.07) is 7.49. The van der Waals surface area contributed by atoms with E-state index in [2.05, 4.69) is 15.8 Å². The van der Waals surface area contributed by atoms with Crippen LogP contribution in [0.4, 0.5) is 4.39 Å². The van der Waals surface area contributed by atoms with Crippen molar-refractivity contribution in [3.8, 4) is 0 Å². The number of nitrogens with zero attached hydrogens (tertiary/aromatic N) is 1. The average molecular weight is 333 g/mol. The third-order valence-corrected chi connectivity index (χ3v) is 3.37. The van der Waals surface area contributed by atoms with Crippen LogP contribution in [0, 0.1) is 5.82 Å². The predicted octanol–water partition coefficient (Wildman–Crippen LogP) is 2.37. The summed E-state index contributed by atoms with van der Waals surface area (Å²) in [4.78, 5) is 23.5. The highest BCUT2D eigenvalue weighted by atomic mass is 19.1. The van der Waals surface area contributed by atoms with Gasteiger partial charge in [-0.25, -0.2) is 4.39 Å². The van der Waals surface area contributed by atoms with E-state index in [1.807, 2.05) is 13.8 Å². The summed E-state index contributed by atoms with van der Waals surface area (Å²) >= 11 is 0. The second-order valence-electron chi connectivity index (χ2n) is 5.64. The SMILES string of the molecule is CC(C)c1cc(CNC(=O)CCNC(=O)c2ccccc2F)no1. The zero-order valence-corrected chi connectivity index (χ0v) is 13.6. The number of hydrogen-bond donors (Lipinski definition) is 2. The molecule has 2 amide bonds. The Bertz CT molecular complexity index is 713. The van der Waals surface area contributed by atoms with E-state index in [1.54, 1.807) is 12.1 Å². The Hall–Kier alpha value is -2.70. The van der Waals surface area contributed by atoms with Crippen molar-refractivity contribution in [1.82, 2.24) is 15.8 Å². The van der Waals surface area contributed by atoms with Crippen LogP contribution in [0.25, 0.3) is 0 Å². The summed E-state index contributed by atoms with van der Waals surface area (Å²) in [7, 11) is 0. The molecule has 0 saturated heterocycles. The minimum Gasteiger partial charge on any atom is -0.361 e. The van der Waals surface area contributed by atoms with Crippen molar-refractivity contribution in [1.29, 1.82) is 0 Å². The van der Waals surface area contributed by atoms with Gasteiger partial charge in [0.2, 0.25) is 5.91 Å². The Labute approximate surface area is 139 Å². The third-order valence-electron chi connectivity index (χ3n) is 3.37. The van der Waals surface area contributed by atoms with Gasteiger partial charge >= 0.3 is 0 Å². The average Bonchev–Trinajstić information content (AvgIpc) is 3.02. The molecule has 0 aliphatic heterocycles. The molecule has 128 valence electrons. The fourth-order valence-corrected chi connectivity index (χ4v) is 1.99. The van der Waals surface area contributed by atoms with Crippen LogP contribution in [0.3, 0.4) is 0 Å². The zero-order chi connectivity index (χ0) is 17.5. The van der Waals surface area contributed by atoms with Crippen molar-refractivity contribution in [3.63, 3.8) is 0 Å². The lowest BCUT2D eigenvalue weighted by Crippen LogP contribution is -2.31. The maximum atomic E-state index is 13.4. The molecule has 0 bridgehead atoms. The first-order valence-corrected chi connectivity index (χ1v) is 7.72. The van der Waals surface area contributed by atoms with Crippen LogP contribution in [0.5, 0.6) is 0 Å². The topological polar surface area (TPSA) is 84.2 Å². The third kappa shape index (κ3) is 4.91. The van der Waals surface area contributed by atoms with Gasteiger partial charge in [0.25, 0.3) is 5.91 Å². The van der Waals surface area contributed by atoms with Crippen LogP contribution in [0.2, 0.25) is 0 Å². The number of amides is 2. The molecule has 6 nitrogen and oxygen atoms in total. The van der Waals surface area contributed by atoms with Gasteiger partial charge in [-0.15, -0.1) is 0 Å². The Morgan fingerprint density at radius 3 is 2.67 bits per heavy atom. The maximum Gasteiger partial charge on any atom is 0.254 e. The lowest BCUT2D eigenvalue weighted by Gasteiger charge is -2.06. The Morgan fingerprint density at radius 1 is 1.25 bits per heavy atom. The molecule has 0 aliphatic carbocycles. The second kappa shape index (κ2) is 8.24. The van der Waals surface area contributed by atoms with Crippen molar-refractivity contribution >= 4 is 11.8 Å². The molecule has 0 unspecified atom stereocenters. The molecular formula is C17H20FN3O3. The smallest absolute Gasteiger partial charge is 0.254 e. The first kappa shape index (κ1) is 17.7. The molecule has 0 fully saturated rings. The number of carbonyl (C=O) groups is 2. The molecule has 0 radical (unpaired) electrons. The minimum absolute atomic E-state index is 0.0401. The van der Waals surface area contributed by atoms with E-state index >= 15 is 0 Å². The molecule has 0 saturated carbocycles. The Morgan fingerprint density at radius 2 is 2.00 bits per heavy atom.